The van der Waals surface area contributed by atoms with Gasteiger partial charge in [-0.2, -0.15) is 0 Å². The van der Waals surface area contributed by atoms with Gasteiger partial charge in [-0.25, -0.2) is 9.37 Å². The molecule has 0 amide bonds. The molecule has 1 saturated carbocycles. The molecule has 218 valence electrons. The first-order valence-corrected chi connectivity index (χ1v) is 15.9. The molecule has 1 aliphatic carbocycles. The maximum atomic E-state index is 14.4. The van der Waals surface area contributed by atoms with E-state index in [9.17, 15) is 14.3 Å². The fourth-order valence-electron chi connectivity index (χ4n) is 9.19. The summed E-state index contributed by atoms with van der Waals surface area (Å²) in [4.78, 5) is 22.5. The number of carboxylic acids is 1. The third kappa shape index (κ3) is 5.10. The standard InChI is InChI=1S/C34H43FN4O2/c1-22-36-31-12-5-6-13-32(31)39(22)29-17-27-14-15-28(18-29)38(27)20-25-19-37(21-30(25)24-10-7-11-26(35)16-24)33(34(40)41)23-8-3-2-4-9-23/h5-7,10-13,16,23,25,27-30,33H,2-4,8-9,14-15,17-21H2,1H3,(H,40,41)/t25-,27-,28+,29+,30-,33-/m1/s1. The normalized spacial score (nSPS) is 30.2. The second kappa shape index (κ2) is 11.1. The smallest absolute Gasteiger partial charge is 0.321 e. The molecule has 3 aliphatic heterocycles. The number of nitrogens with zero attached hydrogens (tertiary/aromatic N) is 4. The quantitative estimate of drug-likeness (QED) is 0.364. The molecule has 3 saturated heterocycles. The monoisotopic (exact) mass is 558 g/mol. The predicted molar refractivity (Wildman–Crippen MR) is 158 cm³/mol. The van der Waals surface area contributed by atoms with Crippen LogP contribution in [0.3, 0.4) is 0 Å². The van der Waals surface area contributed by atoms with Crippen LogP contribution in [-0.2, 0) is 4.79 Å². The van der Waals surface area contributed by atoms with Gasteiger partial charge in [0, 0.05) is 43.7 Å². The zero-order chi connectivity index (χ0) is 28.1. The Morgan fingerprint density at radius 3 is 2.46 bits per heavy atom. The molecule has 0 unspecified atom stereocenters. The Morgan fingerprint density at radius 1 is 0.976 bits per heavy atom. The Bertz CT molecular complexity index is 1390. The minimum atomic E-state index is -0.681. The number of aryl methyl sites for hydroxylation is 1. The highest BCUT2D eigenvalue weighted by Crippen LogP contribution is 2.45. The molecular formula is C34H43FN4O2. The minimum absolute atomic E-state index is 0.146. The third-order valence-electron chi connectivity index (χ3n) is 10.9. The van der Waals surface area contributed by atoms with E-state index in [-0.39, 0.29) is 23.6 Å². The highest BCUT2D eigenvalue weighted by atomic mass is 19.1. The Labute approximate surface area is 242 Å². The molecule has 2 aromatic carbocycles. The van der Waals surface area contributed by atoms with Crippen LogP contribution >= 0.6 is 0 Å². The van der Waals surface area contributed by atoms with Crippen LogP contribution < -0.4 is 0 Å². The van der Waals surface area contributed by atoms with Crippen LogP contribution in [0.1, 0.15) is 81.1 Å². The number of fused-ring (bicyclic) bond motifs is 3. The lowest BCUT2D eigenvalue weighted by atomic mass is 9.83. The summed E-state index contributed by atoms with van der Waals surface area (Å²) >= 11 is 0. The maximum Gasteiger partial charge on any atom is 0.321 e. The first kappa shape index (κ1) is 27.1. The zero-order valence-electron chi connectivity index (χ0n) is 24.2. The summed E-state index contributed by atoms with van der Waals surface area (Å²) < 4.78 is 16.9. The van der Waals surface area contributed by atoms with Gasteiger partial charge in [0.2, 0.25) is 0 Å². The number of imidazole rings is 1. The fourth-order valence-corrected chi connectivity index (χ4v) is 9.19. The van der Waals surface area contributed by atoms with Crippen LogP contribution in [0.25, 0.3) is 11.0 Å². The van der Waals surface area contributed by atoms with E-state index in [1.807, 2.05) is 6.07 Å². The van der Waals surface area contributed by atoms with E-state index in [0.717, 1.165) is 68.5 Å². The van der Waals surface area contributed by atoms with Crippen LogP contribution in [0.2, 0.25) is 0 Å². The highest BCUT2D eigenvalue weighted by molar-refractivity contribution is 5.76. The minimum Gasteiger partial charge on any atom is -0.480 e. The maximum absolute atomic E-state index is 14.4. The number of hydrogen-bond acceptors (Lipinski definition) is 4. The molecule has 4 aliphatic rings. The van der Waals surface area contributed by atoms with Crippen LogP contribution in [0, 0.1) is 24.6 Å². The summed E-state index contributed by atoms with van der Waals surface area (Å²) in [6.07, 6.45) is 10.2. The van der Waals surface area contributed by atoms with Crippen molar-refractivity contribution in [3.8, 4) is 0 Å². The molecule has 0 spiro atoms. The molecule has 7 rings (SSSR count). The molecule has 1 N–H and O–H groups in total. The number of carboxylic acid groups (broad SMARTS) is 1. The van der Waals surface area contributed by atoms with Gasteiger partial charge in [-0.05, 0) is 87.1 Å². The lowest BCUT2D eigenvalue weighted by Gasteiger charge is -2.42. The second-order valence-electron chi connectivity index (χ2n) is 13.3. The van der Waals surface area contributed by atoms with Crippen LogP contribution in [-0.4, -0.2) is 68.2 Å². The average molecular weight is 559 g/mol. The molecule has 2 bridgehead atoms. The lowest BCUT2D eigenvalue weighted by Crippen LogP contribution is -2.48. The van der Waals surface area contributed by atoms with Crippen molar-refractivity contribution in [2.45, 2.75) is 94.8 Å². The van der Waals surface area contributed by atoms with Gasteiger partial charge in [-0.3, -0.25) is 14.6 Å². The van der Waals surface area contributed by atoms with E-state index in [0.29, 0.717) is 24.7 Å². The van der Waals surface area contributed by atoms with Crippen LogP contribution in [0.15, 0.2) is 48.5 Å². The zero-order valence-corrected chi connectivity index (χ0v) is 24.2. The highest BCUT2D eigenvalue weighted by Gasteiger charge is 2.47. The first-order chi connectivity index (χ1) is 20.0. The number of benzene rings is 2. The Kier molecular flexibility index (Phi) is 7.36. The van der Waals surface area contributed by atoms with Crippen molar-refractivity contribution >= 4 is 17.0 Å². The Morgan fingerprint density at radius 2 is 1.73 bits per heavy atom. The van der Waals surface area contributed by atoms with Gasteiger partial charge in [0.1, 0.15) is 17.7 Å². The van der Waals surface area contributed by atoms with Crippen molar-refractivity contribution in [2.24, 2.45) is 11.8 Å². The van der Waals surface area contributed by atoms with Gasteiger partial charge in [0.15, 0.2) is 0 Å². The van der Waals surface area contributed by atoms with Gasteiger partial charge in [-0.15, -0.1) is 0 Å². The van der Waals surface area contributed by atoms with Crippen molar-refractivity contribution in [1.82, 2.24) is 19.4 Å². The number of aliphatic carboxylic acids is 1. The number of hydrogen-bond donors (Lipinski definition) is 1. The summed E-state index contributed by atoms with van der Waals surface area (Å²) in [5, 5.41) is 10.4. The molecule has 4 fully saturated rings. The number of rotatable bonds is 7. The van der Waals surface area contributed by atoms with Gasteiger partial charge in [-0.1, -0.05) is 43.5 Å². The molecule has 0 radical (unpaired) electrons. The van der Waals surface area contributed by atoms with Gasteiger partial charge >= 0.3 is 5.97 Å². The topological polar surface area (TPSA) is 61.6 Å². The lowest BCUT2D eigenvalue weighted by molar-refractivity contribution is -0.145. The summed E-state index contributed by atoms with van der Waals surface area (Å²) in [7, 11) is 0. The van der Waals surface area contributed by atoms with E-state index >= 15 is 0 Å². The van der Waals surface area contributed by atoms with E-state index in [1.54, 1.807) is 6.07 Å². The van der Waals surface area contributed by atoms with Crippen LogP contribution in [0.4, 0.5) is 4.39 Å². The molecular weight excluding hydrogens is 515 g/mol. The second-order valence-corrected chi connectivity index (χ2v) is 13.3. The number of carbonyl (C=O) groups is 1. The SMILES string of the molecule is Cc1nc2ccccc2n1[C@H]1C[C@H]2CC[C@@H](C1)N2C[C@H]1CN([C@@H](C(=O)O)C2CCCCC2)C[C@@H]1c1cccc(F)c1. The first-order valence-electron chi connectivity index (χ1n) is 15.9. The molecule has 4 heterocycles. The predicted octanol–water partition coefficient (Wildman–Crippen LogP) is 6.40. The number of halogens is 1. The molecule has 7 heteroatoms. The van der Waals surface area contributed by atoms with Gasteiger partial charge in [0.05, 0.1) is 11.0 Å². The molecule has 41 heavy (non-hydrogen) atoms. The summed E-state index contributed by atoms with van der Waals surface area (Å²) in [6, 6.07) is 16.6. The summed E-state index contributed by atoms with van der Waals surface area (Å²) in [5.41, 5.74) is 3.34. The third-order valence-corrected chi connectivity index (χ3v) is 10.9. The van der Waals surface area contributed by atoms with Crippen molar-refractivity contribution in [1.29, 1.82) is 0 Å². The number of para-hydroxylation sites is 2. The van der Waals surface area contributed by atoms with E-state index in [2.05, 4.69) is 51.6 Å². The number of aromatic nitrogens is 2. The van der Waals surface area contributed by atoms with Crippen molar-refractivity contribution in [3.05, 3.63) is 65.7 Å². The summed E-state index contributed by atoms with van der Waals surface area (Å²) in [6.45, 7) is 4.57. The largest absolute Gasteiger partial charge is 0.480 e. The van der Waals surface area contributed by atoms with Gasteiger partial charge < -0.3 is 9.67 Å². The summed E-state index contributed by atoms with van der Waals surface area (Å²) in [5.74, 6) is 0.869. The molecule has 1 aromatic heterocycles. The van der Waals surface area contributed by atoms with Crippen LogP contribution in [0.5, 0.6) is 0 Å². The molecule has 6 atom stereocenters. The van der Waals surface area contributed by atoms with Gasteiger partial charge in [0.25, 0.3) is 0 Å². The molecule has 6 nitrogen and oxygen atoms in total. The Balaban J connectivity index is 1.13. The van der Waals surface area contributed by atoms with Crippen molar-refractivity contribution < 1.29 is 14.3 Å². The average Bonchev–Trinajstić information content (AvgIpc) is 3.59. The van der Waals surface area contributed by atoms with E-state index < -0.39 is 12.0 Å². The van der Waals surface area contributed by atoms with E-state index in [4.69, 9.17) is 4.98 Å². The Hall–Kier alpha value is -2.77. The van der Waals surface area contributed by atoms with Crippen molar-refractivity contribution in [3.63, 3.8) is 0 Å². The number of likely N-dealkylation sites (tertiary alicyclic amines) is 1. The number of piperidine rings is 1. The fraction of sp³-hybridized carbons (Fsp3) is 0.588. The molecule has 3 aromatic rings. The van der Waals surface area contributed by atoms with Crippen molar-refractivity contribution in [2.75, 3.05) is 19.6 Å². The van der Waals surface area contributed by atoms with E-state index in [1.165, 1.54) is 30.8 Å².